The largest absolute Gasteiger partial charge is 0.497 e. The summed E-state index contributed by atoms with van der Waals surface area (Å²) in [4.78, 5) is 40.6. The molecule has 37 heavy (non-hydrogen) atoms. The van der Waals surface area contributed by atoms with Crippen molar-refractivity contribution in [1.29, 1.82) is 0 Å². The molecular weight excluding hydrogens is 501 g/mol. The SMILES string of the molecule is COc1ccc(N(C(=O)c2snc(C(N)=O)c2N)[C@H](C(=O)NC(C)(C)C)c2ccc(F)cc2)c(OC)c1. The average Bonchev–Trinajstić information content (AvgIpc) is 3.23. The van der Waals surface area contributed by atoms with E-state index in [1.807, 2.05) is 0 Å². The number of nitrogens with zero attached hydrogens (tertiary/aromatic N) is 2. The number of nitrogen functional groups attached to an aromatic ring is 1. The van der Waals surface area contributed by atoms with Crippen molar-refractivity contribution in [3.63, 3.8) is 0 Å². The molecule has 3 rings (SSSR count). The van der Waals surface area contributed by atoms with Crippen LogP contribution in [-0.2, 0) is 4.79 Å². The Hall–Kier alpha value is -4.19. The lowest BCUT2D eigenvalue weighted by Gasteiger charge is -2.34. The minimum atomic E-state index is -1.30. The minimum absolute atomic E-state index is 0.109. The van der Waals surface area contributed by atoms with Gasteiger partial charge >= 0.3 is 0 Å². The quantitative estimate of drug-likeness (QED) is 0.405. The molecule has 0 aliphatic heterocycles. The molecule has 1 aromatic heterocycles. The smallest absolute Gasteiger partial charge is 0.273 e. The summed E-state index contributed by atoms with van der Waals surface area (Å²) in [6, 6.07) is 8.57. The Kier molecular flexibility index (Phi) is 8.02. The van der Waals surface area contributed by atoms with Crippen molar-refractivity contribution in [2.24, 2.45) is 5.73 Å². The number of amides is 3. The predicted octanol–water partition coefficient (Wildman–Crippen LogP) is 3.28. The predicted molar refractivity (Wildman–Crippen MR) is 138 cm³/mol. The topological polar surface area (TPSA) is 150 Å². The molecule has 12 heteroatoms. The van der Waals surface area contributed by atoms with Crippen molar-refractivity contribution in [3.05, 3.63) is 64.4 Å². The molecule has 5 N–H and O–H groups in total. The van der Waals surface area contributed by atoms with Crippen molar-refractivity contribution in [1.82, 2.24) is 9.69 Å². The second-order valence-corrected chi connectivity index (χ2v) is 9.82. The van der Waals surface area contributed by atoms with Crippen molar-refractivity contribution in [2.45, 2.75) is 32.4 Å². The summed E-state index contributed by atoms with van der Waals surface area (Å²) in [6.45, 7) is 5.35. The third-order valence-electron chi connectivity index (χ3n) is 5.21. The van der Waals surface area contributed by atoms with Crippen LogP contribution in [0.2, 0.25) is 0 Å². The lowest BCUT2D eigenvalue weighted by molar-refractivity contribution is -0.123. The van der Waals surface area contributed by atoms with Gasteiger partial charge in [-0.15, -0.1) is 0 Å². The van der Waals surface area contributed by atoms with Crippen LogP contribution in [-0.4, -0.2) is 41.9 Å². The number of hydrogen-bond donors (Lipinski definition) is 3. The molecule has 0 fully saturated rings. The van der Waals surface area contributed by atoms with Gasteiger partial charge in [0.15, 0.2) is 5.69 Å². The van der Waals surface area contributed by atoms with E-state index in [2.05, 4.69) is 9.69 Å². The van der Waals surface area contributed by atoms with E-state index in [9.17, 15) is 18.8 Å². The third-order valence-corrected chi connectivity index (χ3v) is 6.06. The molecule has 1 heterocycles. The monoisotopic (exact) mass is 529 g/mol. The van der Waals surface area contributed by atoms with Crippen LogP contribution in [0, 0.1) is 5.82 Å². The minimum Gasteiger partial charge on any atom is -0.497 e. The van der Waals surface area contributed by atoms with Gasteiger partial charge in [-0.05, 0) is 62.1 Å². The standard InChI is InChI=1S/C25H28FN5O5S/c1-25(2,3)29-23(33)20(13-6-8-14(26)9-7-13)31(16-11-10-15(35-4)12-17(16)36-5)24(34)21-18(27)19(22(28)32)30-37-21/h6-12,20H,27H2,1-5H3,(H2,28,32)(H,29,33)/t20-/m0/s1. The van der Waals surface area contributed by atoms with Crippen LogP contribution < -0.4 is 31.2 Å². The summed E-state index contributed by atoms with van der Waals surface area (Å²) < 4.78 is 28.5. The van der Waals surface area contributed by atoms with E-state index in [1.54, 1.807) is 39.0 Å². The molecule has 3 aromatic rings. The van der Waals surface area contributed by atoms with Crippen molar-refractivity contribution >= 4 is 40.6 Å². The first-order chi connectivity index (χ1) is 17.4. The summed E-state index contributed by atoms with van der Waals surface area (Å²) in [5.41, 5.74) is 10.8. The van der Waals surface area contributed by atoms with Crippen LogP contribution in [0.3, 0.4) is 0 Å². The first kappa shape index (κ1) is 27.4. The molecule has 0 saturated carbocycles. The number of rotatable bonds is 8. The second kappa shape index (κ2) is 10.8. The summed E-state index contributed by atoms with van der Waals surface area (Å²) in [5, 5.41) is 2.88. The van der Waals surface area contributed by atoms with Crippen molar-refractivity contribution in [3.8, 4) is 11.5 Å². The van der Waals surface area contributed by atoms with Gasteiger partial charge in [-0.2, -0.15) is 4.37 Å². The van der Waals surface area contributed by atoms with E-state index >= 15 is 0 Å². The Labute approximate surface area is 217 Å². The Balaban J connectivity index is 2.31. The zero-order chi connectivity index (χ0) is 27.5. The van der Waals surface area contributed by atoms with Crippen molar-refractivity contribution < 1.29 is 28.2 Å². The Morgan fingerprint density at radius 3 is 2.24 bits per heavy atom. The van der Waals surface area contributed by atoms with E-state index in [0.717, 1.165) is 0 Å². The summed E-state index contributed by atoms with van der Waals surface area (Å²) in [7, 11) is 2.87. The van der Waals surface area contributed by atoms with Gasteiger partial charge in [-0.25, -0.2) is 4.39 Å². The van der Waals surface area contributed by atoms with Crippen LogP contribution in [0.15, 0.2) is 42.5 Å². The first-order valence-electron chi connectivity index (χ1n) is 11.1. The van der Waals surface area contributed by atoms with E-state index in [-0.39, 0.29) is 27.7 Å². The lowest BCUT2D eigenvalue weighted by Crippen LogP contribution is -2.49. The summed E-state index contributed by atoms with van der Waals surface area (Å²) >= 11 is 0.672. The molecule has 0 radical (unpaired) electrons. The highest BCUT2D eigenvalue weighted by Gasteiger charge is 2.38. The van der Waals surface area contributed by atoms with Gasteiger partial charge in [-0.1, -0.05) is 12.1 Å². The molecule has 0 spiro atoms. The van der Waals surface area contributed by atoms with E-state index in [4.69, 9.17) is 20.9 Å². The van der Waals surface area contributed by atoms with Gasteiger partial charge in [-0.3, -0.25) is 19.3 Å². The highest BCUT2D eigenvalue weighted by molar-refractivity contribution is 7.09. The highest BCUT2D eigenvalue weighted by atomic mass is 32.1. The van der Waals surface area contributed by atoms with Crippen LogP contribution >= 0.6 is 11.5 Å². The summed E-state index contributed by atoms with van der Waals surface area (Å²) in [6.07, 6.45) is 0. The molecule has 0 aliphatic rings. The molecule has 196 valence electrons. The van der Waals surface area contributed by atoms with Gasteiger partial charge in [0.25, 0.3) is 11.8 Å². The molecule has 10 nitrogen and oxygen atoms in total. The number of halogens is 1. The molecule has 0 saturated heterocycles. The number of anilines is 2. The second-order valence-electron chi connectivity index (χ2n) is 9.04. The Morgan fingerprint density at radius 1 is 1.08 bits per heavy atom. The molecule has 2 aromatic carbocycles. The maximum Gasteiger partial charge on any atom is 0.273 e. The number of nitrogens with two attached hydrogens (primary N) is 2. The number of benzene rings is 2. The van der Waals surface area contributed by atoms with Gasteiger partial charge in [0.2, 0.25) is 5.91 Å². The number of carbonyl (C=O) groups excluding carboxylic acids is 3. The Morgan fingerprint density at radius 2 is 1.73 bits per heavy atom. The van der Waals surface area contributed by atoms with Gasteiger partial charge < -0.3 is 26.3 Å². The fourth-order valence-corrected chi connectivity index (χ4v) is 4.33. The molecule has 1 atom stereocenters. The van der Waals surface area contributed by atoms with Gasteiger partial charge in [0, 0.05) is 11.6 Å². The van der Waals surface area contributed by atoms with E-state index in [1.165, 1.54) is 43.4 Å². The number of ether oxygens (including phenoxy) is 2. The fraction of sp³-hybridized carbons (Fsp3) is 0.280. The van der Waals surface area contributed by atoms with Crippen LogP contribution in [0.1, 0.15) is 52.5 Å². The van der Waals surface area contributed by atoms with E-state index < -0.39 is 35.1 Å². The number of carbonyl (C=O) groups is 3. The highest BCUT2D eigenvalue weighted by Crippen LogP contribution is 2.40. The average molecular weight is 530 g/mol. The number of primary amides is 1. The first-order valence-corrected chi connectivity index (χ1v) is 11.8. The fourth-order valence-electron chi connectivity index (χ4n) is 3.59. The molecule has 0 unspecified atom stereocenters. The lowest BCUT2D eigenvalue weighted by atomic mass is 10.00. The number of aromatic nitrogens is 1. The number of hydrogen-bond acceptors (Lipinski definition) is 8. The number of methoxy groups -OCH3 is 2. The van der Waals surface area contributed by atoms with Gasteiger partial charge in [0.1, 0.15) is 28.2 Å². The van der Waals surface area contributed by atoms with Crippen molar-refractivity contribution in [2.75, 3.05) is 24.9 Å². The third kappa shape index (κ3) is 5.97. The van der Waals surface area contributed by atoms with Crippen LogP contribution in [0.4, 0.5) is 15.8 Å². The number of nitrogens with one attached hydrogen (secondary N) is 1. The summed E-state index contributed by atoms with van der Waals surface area (Å²) in [5.74, 6) is -2.06. The molecular formula is C25H28FN5O5S. The maximum absolute atomic E-state index is 14.1. The molecule has 0 aliphatic carbocycles. The van der Waals surface area contributed by atoms with Gasteiger partial charge in [0.05, 0.1) is 25.6 Å². The normalized spacial score (nSPS) is 11.9. The zero-order valence-corrected chi connectivity index (χ0v) is 21.8. The zero-order valence-electron chi connectivity index (χ0n) is 21.0. The Bertz CT molecular complexity index is 1320. The van der Waals surface area contributed by atoms with E-state index in [0.29, 0.717) is 22.8 Å². The maximum atomic E-state index is 14.1. The molecule has 0 bridgehead atoms. The molecule has 3 amide bonds. The van der Waals surface area contributed by atoms with Crippen LogP contribution in [0.5, 0.6) is 11.5 Å². The van der Waals surface area contributed by atoms with Crippen LogP contribution in [0.25, 0.3) is 0 Å².